The molecule has 0 spiro atoms. The second-order valence-corrected chi connectivity index (χ2v) is 6.89. The topological polar surface area (TPSA) is 84.1 Å². The van der Waals surface area contributed by atoms with Crippen LogP contribution in [0.5, 0.6) is 5.75 Å². The summed E-state index contributed by atoms with van der Waals surface area (Å²) >= 11 is 1.34. The number of pyridine rings is 1. The number of ether oxygens (including phenoxy) is 1. The van der Waals surface area contributed by atoms with Crippen molar-refractivity contribution in [2.24, 2.45) is 0 Å². The van der Waals surface area contributed by atoms with Gasteiger partial charge in [-0.3, -0.25) is 14.9 Å². The minimum absolute atomic E-state index is 0.0398. The summed E-state index contributed by atoms with van der Waals surface area (Å²) in [7, 11) is 1.58. The summed E-state index contributed by atoms with van der Waals surface area (Å²) in [4.78, 5) is 31.8. The number of hydrogen-bond acceptors (Lipinski definition) is 5. The van der Waals surface area contributed by atoms with Gasteiger partial charge >= 0.3 is 0 Å². The fourth-order valence-corrected chi connectivity index (χ4v) is 3.25. The first-order valence-electron chi connectivity index (χ1n) is 8.12. The number of nitrogens with zero attached hydrogens (tertiary/aromatic N) is 1. The summed E-state index contributed by atoms with van der Waals surface area (Å²) < 4.78 is 5.19. The Morgan fingerprint density at radius 1 is 1.27 bits per heavy atom. The summed E-state index contributed by atoms with van der Waals surface area (Å²) in [5.74, 6) is 0.491. The van der Waals surface area contributed by atoms with Crippen LogP contribution in [0.15, 0.2) is 46.6 Å². The van der Waals surface area contributed by atoms with Crippen LogP contribution in [0.4, 0.5) is 5.13 Å². The van der Waals surface area contributed by atoms with Gasteiger partial charge in [-0.2, -0.15) is 0 Å². The Kier molecular flexibility index (Phi) is 5.18. The van der Waals surface area contributed by atoms with Gasteiger partial charge in [0.15, 0.2) is 5.13 Å². The summed E-state index contributed by atoms with van der Waals surface area (Å²) in [6, 6.07) is 10.5. The van der Waals surface area contributed by atoms with Crippen molar-refractivity contribution >= 4 is 22.4 Å². The quantitative estimate of drug-likeness (QED) is 0.715. The fourth-order valence-electron chi connectivity index (χ4n) is 2.38. The average molecular weight is 369 g/mol. The highest BCUT2D eigenvalue weighted by atomic mass is 32.1. The molecule has 2 aromatic heterocycles. The highest BCUT2D eigenvalue weighted by Gasteiger charge is 2.14. The standard InChI is InChI=1S/C19H19N3O3S/c1-11(2)16-10-26-19(21-16)22-18(24)14-7-8-15(20-17(14)23)12-5-4-6-13(9-12)25-3/h4-11H,1-3H3,(H,20,23)(H,21,22,24). The molecule has 0 aliphatic rings. The largest absolute Gasteiger partial charge is 0.497 e. The van der Waals surface area contributed by atoms with E-state index >= 15 is 0 Å². The number of carbonyl (C=O) groups is 1. The molecule has 26 heavy (non-hydrogen) atoms. The third-order valence-corrected chi connectivity index (χ3v) is 4.64. The van der Waals surface area contributed by atoms with Crippen molar-refractivity contribution in [1.82, 2.24) is 9.97 Å². The van der Waals surface area contributed by atoms with Crippen molar-refractivity contribution < 1.29 is 9.53 Å². The number of methoxy groups -OCH3 is 1. The van der Waals surface area contributed by atoms with Crippen molar-refractivity contribution in [2.75, 3.05) is 12.4 Å². The molecular weight excluding hydrogens is 350 g/mol. The highest BCUT2D eigenvalue weighted by Crippen LogP contribution is 2.23. The molecule has 0 bridgehead atoms. The van der Waals surface area contributed by atoms with E-state index in [1.165, 1.54) is 17.4 Å². The molecule has 2 heterocycles. The van der Waals surface area contributed by atoms with Crippen LogP contribution in [0.3, 0.4) is 0 Å². The first kappa shape index (κ1) is 17.9. The van der Waals surface area contributed by atoms with Gasteiger partial charge in [0, 0.05) is 16.6 Å². The molecule has 6 nitrogen and oxygen atoms in total. The predicted molar refractivity (Wildman–Crippen MR) is 103 cm³/mol. The van der Waals surface area contributed by atoms with Crippen molar-refractivity contribution in [1.29, 1.82) is 0 Å². The molecule has 2 N–H and O–H groups in total. The Hall–Kier alpha value is -2.93. The minimum atomic E-state index is -0.479. The van der Waals surface area contributed by atoms with E-state index in [1.807, 2.05) is 43.5 Å². The van der Waals surface area contributed by atoms with E-state index in [0.717, 1.165) is 11.3 Å². The van der Waals surface area contributed by atoms with Gasteiger partial charge in [0.1, 0.15) is 11.3 Å². The maximum absolute atomic E-state index is 12.4. The normalized spacial score (nSPS) is 10.8. The molecule has 0 radical (unpaired) electrons. The number of aromatic amines is 1. The molecule has 0 unspecified atom stereocenters. The number of amides is 1. The Bertz CT molecular complexity index is 991. The molecule has 0 fully saturated rings. The van der Waals surface area contributed by atoms with Crippen LogP contribution in [-0.4, -0.2) is 23.0 Å². The molecular formula is C19H19N3O3S. The summed E-state index contributed by atoms with van der Waals surface area (Å²) in [5, 5.41) is 5.06. The first-order valence-corrected chi connectivity index (χ1v) is 9.00. The first-order chi connectivity index (χ1) is 12.5. The van der Waals surface area contributed by atoms with Gasteiger partial charge in [0.25, 0.3) is 11.5 Å². The van der Waals surface area contributed by atoms with Crippen LogP contribution in [0.25, 0.3) is 11.3 Å². The molecule has 0 saturated heterocycles. The third kappa shape index (κ3) is 3.83. The maximum Gasteiger partial charge on any atom is 0.263 e. The van der Waals surface area contributed by atoms with Crippen LogP contribution in [-0.2, 0) is 0 Å². The molecule has 3 rings (SSSR count). The van der Waals surface area contributed by atoms with Crippen molar-refractivity contribution in [2.45, 2.75) is 19.8 Å². The van der Waals surface area contributed by atoms with E-state index in [1.54, 1.807) is 13.2 Å². The maximum atomic E-state index is 12.4. The lowest BCUT2D eigenvalue weighted by Crippen LogP contribution is -2.23. The zero-order chi connectivity index (χ0) is 18.7. The van der Waals surface area contributed by atoms with E-state index in [0.29, 0.717) is 16.6 Å². The smallest absolute Gasteiger partial charge is 0.263 e. The molecule has 1 aromatic carbocycles. The SMILES string of the molecule is COc1cccc(-c2ccc(C(=O)Nc3nc(C(C)C)cs3)c(=O)[nH]2)c1. The average Bonchev–Trinajstić information content (AvgIpc) is 3.10. The van der Waals surface area contributed by atoms with E-state index in [-0.39, 0.29) is 11.5 Å². The molecule has 3 aromatic rings. The zero-order valence-electron chi connectivity index (χ0n) is 14.7. The minimum Gasteiger partial charge on any atom is -0.497 e. The van der Waals surface area contributed by atoms with E-state index in [2.05, 4.69) is 15.3 Å². The zero-order valence-corrected chi connectivity index (χ0v) is 15.5. The number of rotatable bonds is 5. The molecule has 134 valence electrons. The number of H-pyrrole nitrogens is 1. The second kappa shape index (κ2) is 7.53. The monoisotopic (exact) mass is 369 g/mol. The Morgan fingerprint density at radius 2 is 2.08 bits per heavy atom. The van der Waals surface area contributed by atoms with Crippen LogP contribution in [0, 0.1) is 0 Å². The molecule has 1 amide bonds. The molecule has 0 atom stereocenters. The fraction of sp³-hybridized carbons (Fsp3) is 0.211. The van der Waals surface area contributed by atoms with E-state index in [4.69, 9.17) is 4.74 Å². The summed E-state index contributed by atoms with van der Waals surface area (Å²) in [6.07, 6.45) is 0. The van der Waals surface area contributed by atoms with E-state index in [9.17, 15) is 9.59 Å². The van der Waals surface area contributed by atoms with Gasteiger partial charge < -0.3 is 9.72 Å². The summed E-state index contributed by atoms with van der Waals surface area (Å²) in [6.45, 7) is 4.06. The molecule has 0 aliphatic carbocycles. The molecule has 0 saturated carbocycles. The lowest BCUT2D eigenvalue weighted by molar-refractivity contribution is 0.102. The lowest BCUT2D eigenvalue weighted by atomic mass is 10.1. The Morgan fingerprint density at radius 3 is 2.73 bits per heavy atom. The Labute approximate surface area is 154 Å². The van der Waals surface area contributed by atoms with Crippen molar-refractivity contribution in [3.8, 4) is 17.0 Å². The van der Waals surface area contributed by atoms with Gasteiger partial charge in [-0.15, -0.1) is 11.3 Å². The third-order valence-electron chi connectivity index (χ3n) is 3.87. The van der Waals surface area contributed by atoms with Crippen LogP contribution in [0.2, 0.25) is 0 Å². The van der Waals surface area contributed by atoms with Gasteiger partial charge in [0.2, 0.25) is 0 Å². The Balaban J connectivity index is 1.82. The summed E-state index contributed by atoms with van der Waals surface area (Å²) in [5.41, 5.74) is 1.91. The predicted octanol–water partition coefficient (Wildman–Crippen LogP) is 3.88. The van der Waals surface area contributed by atoms with Crippen molar-refractivity contribution in [3.05, 3.63) is 63.4 Å². The molecule has 7 heteroatoms. The lowest BCUT2D eigenvalue weighted by Gasteiger charge is -2.06. The number of anilines is 1. The van der Waals surface area contributed by atoms with Crippen LogP contribution in [0.1, 0.15) is 35.8 Å². The van der Waals surface area contributed by atoms with Crippen LogP contribution < -0.4 is 15.6 Å². The number of thiazole rings is 1. The van der Waals surface area contributed by atoms with Gasteiger partial charge in [-0.25, -0.2) is 4.98 Å². The molecule has 0 aliphatic heterocycles. The van der Waals surface area contributed by atoms with Crippen molar-refractivity contribution in [3.63, 3.8) is 0 Å². The number of benzene rings is 1. The number of hydrogen-bond donors (Lipinski definition) is 2. The number of carbonyl (C=O) groups excluding carboxylic acids is 1. The second-order valence-electron chi connectivity index (χ2n) is 6.03. The highest BCUT2D eigenvalue weighted by molar-refractivity contribution is 7.14. The number of aromatic nitrogens is 2. The van der Waals surface area contributed by atoms with E-state index < -0.39 is 11.5 Å². The van der Waals surface area contributed by atoms with Gasteiger partial charge in [-0.05, 0) is 30.2 Å². The van der Waals surface area contributed by atoms with Crippen LogP contribution >= 0.6 is 11.3 Å². The van der Waals surface area contributed by atoms with Gasteiger partial charge in [0.05, 0.1) is 12.8 Å². The van der Waals surface area contributed by atoms with Gasteiger partial charge in [-0.1, -0.05) is 26.0 Å². The number of nitrogens with one attached hydrogen (secondary N) is 2.